The average molecular weight is 710 g/mol. The monoisotopic (exact) mass is 709 g/mol. The lowest BCUT2D eigenvalue weighted by molar-refractivity contribution is -0.339. The van der Waals surface area contributed by atoms with Crippen LogP contribution in [0, 0.1) is 11.8 Å². The number of rotatable bonds is 13. The number of hydrogen-bond donors (Lipinski definition) is 1. The van der Waals surface area contributed by atoms with Gasteiger partial charge in [0.25, 0.3) is 0 Å². The van der Waals surface area contributed by atoms with Crippen LogP contribution in [0.15, 0.2) is 35.4 Å². The molecule has 10 atom stereocenters. The highest BCUT2D eigenvalue weighted by Crippen LogP contribution is 2.46. The number of nitrogens with zero attached hydrogens (tertiary/aromatic N) is 3. The Bertz CT molecular complexity index is 1300. The molecular formula is C33H51N3O12Si. The third kappa shape index (κ3) is 11.2. The van der Waals surface area contributed by atoms with Gasteiger partial charge in [-0.05, 0) is 48.0 Å². The van der Waals surface area contributed by atoms with Crippen molar-refractivity contribution in [2.45, 2.75) is 135 Å². The highest BCUT2D eigenvalue weighted by atomic mass is 28.4. The van der Waals surface area contributed by atoms with Crippen LogP contribution in [0.25, 0.3) is 10.4 Å². The van der Waals surface area contributed by atoms with E-state index in [1.54, 1.807) is 6.92 Å². The molecule has 2 aliphatic rings. The standard InChI is InChI=1S/C32H51N3O10Si.CO2/c1-18(2)32(7,8)46(9,10)45-30-25(34-35-33)19(3)27(24(43-30)17-39-21(5)36)44-31-29(42-22(6)37)28(26(38)20(4)41-31)40-16-23-14-12-11-13-15-23;2-1-3/h11-15,18-20,24-31,38H,16-17H2,1-10H3;/t19-,20?,24?,25?,26-,27+,28-,29?,30+,31+;/m1./s1. The predicted molar refractivity (Wildman–Crippen MR) is 176 cm³/mol. The number of benzene rings is 1. The van der Waals surface area contributed by atoms with Crippen LogP contribution in [0.5, 0.6) is 0 Å². The number of hydrogen-bond acceptors (Lipinski definition) is 13. The van der Waals surface area contributed by atoms with Crippen molar-refractivity contribution in [2.24, 2.45) is 17.0 Å². The van der Waals surface area contributed by atoms with Crippen molar-refractivity contribution in [3.63, 3.8) is 0 Å². The van der Waals surface area contributed by atoms with E-state index in [0.717, 1.165) is 5.56 Å². The molecule has 2 aliphatic heterocycles. The van der Waals surface area contributed by atoms with Crippen LogP contribution in [0.4, 0.5) is 0 Å². The zero-order valence-corrected chi connectivity index (χ0v) is 30.9. The molecular weight excluding hydrogens is 658 g/mol. The molecule has 4 unspecified atom stereocenters. The minimum atomic E-state index is -2.50. The Balaban J connectivity index is 0.00000267. The van der Waals surface area contributed by atoms with Crippen molar-refractivity contribution >= 4 is 26.4 Å². The Morgan fingerprint density at radius 2 is 1.65 bits per heavy atom. The summed E-state index contributed by atoms with van der Waals surface area (Å²) in [5, 5.41) is 15.0. The normalized spacial score (nSPS) is 30.2. The molecule has 1 aromatic carbocycles. The first-order valence-electron chi connectivity index (χ1n) is 16.2. The molecule has 15 nitrogen and oxygen atoms in total. The van der Waals surface area contributed by atoms with Crippen LogP contribution < -0.4 is 0 Å². The van der Waals surface area contributed by atoms with Gasteiger partial charge in [0.05, 0.1) is 24.9 Å². The molecule has 1 aromatic rings. The first-order chi connectivity index (χ1) is 22.9. The van der Waals surface area contributed by atoms with Crippen molar-refractivity contribution in [1.82, 2.24) is 0 Å². The molecule has 274 valence electrons. The molecule has 0 aromatic heterocycles. The second kappa shape index (κ2) is 18.7. The molecule has 2 saturated heterocycles. The van der Waals surface area contributed by atoms with E-state index >= 15 is 0 Å². The lowest BCUT2D eigenvalue weighted by Crippen LogP contribution is -2.64. The van der Waals surface area contributed by atoms with Gasteiger partial charge in [0.2, 0.25) is 0 Å². The molecule has 0 saturated carbocycles. The number of ether oxygens (including phenoxy) is 6. The van der Waals surface area contributed by atoms with E-state index in [9.17, 15) is 20.2 Å². The van der Waals surface area contributed by atoms with Gasteiger partial charge in [-0.1, -0.05) is 70.1 Å². The number of carbonyl (C=O) groups is 2. The average Bonchev–Trinajstić information content (AvgIpc) is 3.02. The second-order valence-electron chi connectivity index (χ2n) is 13.6. The second-order valence-corrected chi connectivity index (χ2v) is 18.2. The molecule has 0 aliphatic carbocycles. The summed E-state index contributed by atoms with van der Waals surface area (Å²) in [4.78, 5) is 43.5. The molecule has 0 amide bonds. The molecule has 16 heteroatoms. The lowest BCUT2D eigenvalue weighted by Gasteiger charge is -2.51. The number of aliphatic hydroxyl groups excluding tert-OH is 1. The van der Waals surface area contributed by atoms with Gasteiger partial charge < -0.3 is 38.0 Å². The summed E-state index contributed by atoms with van der Waals surface area (Å²) in [5.74, 6) is -1.37. The summed E-state index contributed by atoms with van der Waals surface area (Å²) in [6.07, 6.45) is -7.73. The minimum absolute atomic E-state index is 0.141. The minimum Gasteiger partial charge on any atom is -0.463 e. The van der Waals surface area contributed by atoms with Crippen LogP contribution in [-0.4, -0.2) is 93.4 Å². The summed E-state index contributed by atoms with van der Waals surface area (Å²) in [6.45, 7) is 18.8. The van der Waals surface area contributed by atoms with E-state index in [4.69, 9.17) is 42.4 Å². The van der Waals surface area contributed by atoms with Gasteiger partial charge in [-0.2, -0.15) is 9.59 Å². The maximum atomic E-state index is 12.3. The van der Waals surface area contributed by atoms with Crippen molar-refractivity contribution in [3.05, 3.63) is 46.3 Å². The first-order valence-corrected chi connectivity index (χ1v) is 19.1. The first kappa shape index (κ1) is 42.0. The van der Waals surface area contributed by atoms with Gasteiger partial charge in [0.15, 0.2) is 27.0 Å². The van der Waals surface area contributed by atoms with Gasteiger partial charge >= 0.3 is 18.1 Å². The summed E-state index contributed by atoms with van der Waals surface area (Å²) in [6, 6.07) is 8.57. The summed E-state index contributed by atoms with van der Waals surface area (Å²) < 4.78 is 42.9. The van der Waals surface area contributed by atoms with Crippen molar-refractivity contribution in [1.29, 1.82) is 0 Å². The topological polar surface area (TPSA) is 202 Å². The third-order valence-electron chi connectivity index (χ3n) is 9.69. The molecule has 3 rings (SSSR count). The molecule has 1 N–H and O–H groups in total. The Hall–Kier alpha value is -3.17. The summed E-state index contributed by atoms with van der Waals surface area (Å²) in [5.41, 5.74) is 10.4. The summed E-state index contributed by atoms with van der Waals surface area (Å²) in [7, 11) is -2.50. The third-order valence-corrected chi connectivity index (χ3v) is 14.2. The SMILES string of the molecule is CC(=O)OCC1O[C@@H](O[Si](C)(C)C(C)(C)C(C)C)C(N=[N+]=[N-])[C@@H](C)[C@@H]1O[C@@H]1OC(C)[C@@H](O)[C@@H](OCc2ccccc2)C1OC(C)=O.O=C=O. The fourth-order valence-corrected chi connectivity index (χ4v) is 8.10. The number of azide groups is 1. The Morgan fingerprint density at radius 3 is 2.18 bits per heavy atom. The van der Waals surface area contributed by atoms with Crippen LogP contribution in [0.1, 0.15) is 61.0 Å². The van der Waals surface area contributed by atoms with Crippen LogP contribution in [0.3, 0.4) is 0 Å². The molecule has 0 spiro atoms. The smallest absolute Gasteiger partial charge is 0.373 e. The zero-order chi connectivity index (χ0) is 37.1. The van der Waals surface area contributed by atoms with E-state index in [2.05, 4.69) is 50.8 Å². The van der Waals surface area contributed by atoms with E-state index in [0.29, 0.717) is 5.92 Å². The van der Waals surface area contributed by atoms with Crippen LogP contribution in [0.2, 0.25) is 18.1 Å². The fourth-order valence-electron chi connectivity index (χ4n) is 5.63. The fraction of sp³-hybridized carbons (Fsp3) is 0.727. The Morgan fingerprint density at radius 1 is 1.04 bits per heavy atom. The molecule has 49 heavy (non-hydrogen) atoms. The zero-order valence-electron chi connectivity index (χ0n) is 29.9. The highest BCUT2D eigenvalue weighted by Gasteiger charge is 2.54. The molecule has 0 bridgehead atoms. The maximum Gasteiger partial charge on any atom is 0.373 e. The molecule has 2 heterocycles. The largest absolute Gasteiger partial charge is 0.463 e. The summed E-state index contributed by atoms with van der Waals surface area (Å²) >= 11 is 0. The van der Waals surface area contributed by atoms with Crippen LogP contribution >= 0.6 is 0 Å². The Kier molecular flexibility index (Phi) is 16.0. The molecule has 2 fully saturated rings. The number of carbonyl (C=O) groups excluding carboxylic acids is 4. The van der Waals surface area contributed by atoms with Crippen molar-refractivity contribution in [2.75, 3.05) is 6.61 Å². The number of aliphatic hydroxyl groups is 1. The van der Waals surface area contributed by atoms with E-state index in [-0.39, 0.29) is 24.4 Å². The van der Waals surface area contributed by atoms with Gasteiger partial charge in [0, 0.05) is 18.8 Å². The number of esters is 2. The van der Waals surface area contributed by atoms with Gasteiger partial charge in [-0.15, -0.1) is 0 Å². The van der Waals surface area contributed by atoms with Crippen LogP contribution in [-0.2, 0) is 58.6 Å². The predicted octanol–water partition coefficient (Wildman–Crippen LogP) is 4.67. The van der Waals surface area contributed by atoms with Gasteiger partial charge in [-0.3, -0.25) is 9.59 Å². The van der Waals surface area contributed by atoms with Gasteiger partial charge in [-0.25, -0.2) is 0 Å². The molecule has 0 radical (unpaired) electrons. The highest BCUT2D eigenvalue weighted by molar-refractivity contribution is 6.74. The lowest BCUT2D eigenvalue weighted by atomic mass is 9.89. The van der Waals surface area contributed by atoms with Crippen molar-refractivity contribution in [3.8, 4) is 0 Å². The van der Waals surface area contributed by atoms with E-state index in [1.165, 1.54) is 13.8 Å². The van der Waals surface area contributed by atoms with E-state index in [1.807, 2.05) is 37.3 Å². The maximum absolute atomic E-state index is 12.3. The van der Waals surface area contributed by atoms with E-state index < -0.39 is 81.4 Å². The Labute approximate surface area is 288 Å². The van der Waals surface area contributed by atoms with Crippen molar-refractivity contribution < 1.29 is 57.1 Å². The quantitative estimate of drug-likeness (QED) is 0.0976. The van der Waals surface area contributed by atoms with Gasteiger partial charge in [0.1, 0.15) is 24.9 Å².